The average molecular weight is 387 g/mol. The fourth-order valence-electron chi connectivity index (χ4n) is 4.38. The second-order valence-corrected chi connectivity index (χ2v) is 7.70. The number of rotatable bonds is 8. The lowest BCUT2D eigenvalue weighted by Gasteiger charge is -2.18. The molecule has 1 atom stereocenters. The SMILES string of the molecule is CCNc1c2c(nc3cc(OCCCN4CC[C@H](F)C4)c(OC)cc13)CCC2. The molecule has 0 unspecified atom stereocenters. The van der Waals surface area contributed by atoms with Crippen LogP contribution in [0.1, 0.15) is 37.4 Å². The molecule has 1 aliphatic heterocycles. The van der Waals surface area contributed by atoms with E-state index < -0.39 is 6.17 Å². The van der Waals surface area contributed by atoms with E-state index in [2.05, 4.69) is 17.1 Å². The number of benzene rings is 1. The van der Waals surface area contributed by atoms with E-state index in [1.54, 1.807) is 7.11 Å². The summed E-state index contributed by atoms with van der Waals surface area (Å²) in [7, 11) is 1.67. The topological polar surface area (TPSA) is 46.6 Å². The van der Waals surface area contributed by atoms with Crippen molar-refractivity contribution in [3.05, 3.63) is 23.4 Å². The zero-order valence-corrected chi connectivity index (χ0v) is 16.9. The van der Waals surface area contributed by atoms with Crippen LogP contribution < -0.4 is 14.8 Å². The van der Waals surface area contributed by atoms with Crippen LogP contribution in [0.15, 0.2) is 12.1 Å². The number of hydrogen-bond donors (Lipinski definition) is 1. The quantitative estimate of drug-likeness (QED) is 0.695. The van der Waals surface area contributed by atoms with Gasteiger partial charge in [0, 0.05) is 49.0 Å². The fourth-order valence-corrected chi connectivity index (χ4v) is 4.38. The highest BCUT2D eigenvalue weighted by atomic mass is 19.1. The summed E-state index contributed by atoms with van der Waals surface area (Å²) in [6.45, 7) is 5.85. The molecule has 2 aromatic rings. The van der Waals surface area contributed by atoms with Crippen molar-refractivity contribution < 1.29 is 13.9 Å². The van der Waals surface area contributed by atoms with Crippen LogP contribution in [0.2, 0.25) is 0 Å². The van der Waals surface area contributed by atoms with Crippen molar-refractivity contribution in [2.24, 2.45) is 0 Å². The van der Waals surface area contributed by atoms with Gasteiger partial charge in [0.15, 0.2) is 11.5 Å². The predicted octanol–water partition coefficient (Wildman–Crippen LogP) is 3.98. The molecule has 152 valence electrons. The molecular formula is C22H30FN3O2. The molecule has 28 heavy (non-hydrogen) atoms. The number of aryl methyl sites for hydroxylation is 1. The minimum absolute atomic E-state index is 0.557. The minimum Gasteiger partial charge on any atom is -0.493 e. The van der Waals surface area contributed by atoms with E-state index in [9.17, 15) is 4.39 Å². The zero-order chi connectivity index (χ0) is 19.5. The smallest absolute Gasteiger partial charge is 0.163 e. The van der Waals surface area contributed by atoms with Crippen LogP contribution in [0, 0.1) is 0 Å². The molecule has 5 nitrogen and oxygen atoms in total. The van der Waals surface area contributed by atoms with Gasteiger partial charge in [0.1, 0.15) is 6.17 Å². The van der Waals surface area contributed by atoms with Crippen molar-refractivity contribution in [1.29, 1.82) is 0 Å². The molecule has 4 rings (SSSR count). The number of hydrogen-bond acceptors (Lipinski definition) is 5. The number of methoxy groups -OCH3 is 1. The van der Waals surface area contributed by atoms with Gasteiger partial charge in [-0.15, -0.1) is 0 Å². The number of likely N-dealkylation sites (tertiary alicyclic amines) is 1. The van der Waals surface area contributed by atoms with Gasteiger partial charge in [0.05, 0.1) is 19.2 Å². The lowest BCUT2D eigenvalue weighted by molar-refractivity contribution is 0.243. The van der Waals surface area contributed by atoms with Crippen molar-refractivity contribution in [2.75, 3.05) is 45.2 Å². The third-order valence-corrected chi connectivity index (χ3v) is 5.74. The monoisotopic (exact) mass is 387 g/mol. The normalized spacial score (nSPS) is 19.2. The molecular weight excluding hydrogens is 357 g/mol. The van der Waals surface area contributed by atoms with Gasteiger partial charge in [-0.3, -0.25) is 4.98 Å². The van der Waals surface area contributed by atoms with Crippen molar-refractivity contribution >= 4 is 16.6 Å². The van der Waals surface area contributed by atoms with Crippen molar-refractivity contribution in [3.63, 3.8) is 0 Å². The lowest BCUT2D eigenvalue weighted by atomic mass is 10.1. The molecule has 2 aliphatic rings. The number of anilines is 1. The van der Waals surface area contributed by atoms with Crippen LogP contribution in [-0.4, -0.2) is 56.0 Å². The number of pyridine rings is 1. The average Bonchev–Trinajstić information content (AvgIpc) is 3.33. The summed E-state index contributed by atoms with van der Waals surface area (Å²) in [6.07, 6.45) is 4.14. The molecule has 2 heterocycles. The van der Waals surface area contributed by atoms with Crippen molar-refractivity contribution in [1.82, 2.24) is 9.88 Å². The van der Waals surface area contributed by atoms with E-state index in [1.165, 1.54) is 16.9 Å². The summed E-state index contributed by atoms with van der Waals surface area (Å²) >= 11 is 0. The van der Waals surface area contributed by atoms with Crippen LogP contribution in [0.3, 0.4) is 0 Å². The highest BCUT2D eigenvalue weighted by molar-refractivity contribution is 5.96. The van der Waals surface area contributed by atoms with Gasteiger partial charge < -0.3 is 19.7 Å². The van der Waals surface area contributed by atoms with E-state index in [0.29, 0.717) is 19.6 Å². The Hall–Kier alpha value is -2.08. The summed E-state index contributed by atoms with van der Waals surface area (Å²) < 4.78 is 24.9. The Labute approximate surface area is 166 Å². The van der Waals surface area contributed by atoms with Crippen LogP contribution in [0.25, 0.3) is 10.9 Å². The molecule has 6 heteroatoms. The summed E-state index contributed by atoms with van der Waals surface area (Å²) in [5.41, 5.74) is 4.70. The first-order valence-electron chi connectivity index (χ1n) is 10.5. The fraction of sp³-hybridized carbons (Fsp3) is 0.591. The largest absolute Gasteiger partial charge is 0.493 e. The molecule has 0 spiro atoms. The summed E-state index contributed by atoms with van der Waals surface area (Å²) in [6, 6.07) is 4.05. The Kier molecular flexibility index (Phi) is 5.85. The molecule has 0 bridgehead atoms. The van der Waals surface area contributed by atoms with Crippen molar-refractivity contribution in [3.8, 4) is 11.5 Å². The van der Waals surface area contributed by atoms with Crippen LogP contribution >= 0.6 is 0 Å². The zero-order valence-electron chi connectivity index (χ0n) is 16.9. The number of nitrogens with zero attached hydrogens (tertiary/aromatic N) is 2. The van der Waals surface area contributed by atoms with E-state index in [-0.39, 0.29) is 0 Å². The molecule has 1 aromatic heterocycles. The van der Waals surface area contributed by atoms with Gasteiger partial charge >= 0.3 is 0 Å². The highest BCUT2D eigenvalue weighted by Gasteiger charge is 2.22. The lowest BCUT2D eigenvalue weighted by Crippen LogP contribution is -2.23. The number of alkyl halides is 1. The summed E-state index contributed by atoms with van der Waals surface area (Å²) in [5.74, 6) is 1.46. The Bertz CT molecular complexity index is 842. The second-order valence-electron chi connectivity index (χ2n) is 7.70. The predicted molar refractivity (Wildman–Crippen MR) is 111 cm³/mol. The third-order valence-electron chi connectivity index (χ3n) is 5.74. The van der Waals surface area contributed by atoms with E-state index in [0.717, 1.165) is 67.7 Å². The van der Waals surface area contributed by atoms with Crippen molar-refractivity contribution in [2.45, 2.75) is 45.2 Å². The molecule has 1 aromatic carbocycles. The van der Waals surface area contributed by atoms with Gasteiger partial charge in [0.2, 0.25) is 0 Å². The number of fused-ring (bicyclic) bond motifs is 2. The van der Waals surface area contributed by atoms with Gasteiger partial charge in [0.25, 0.3) is 0 Å². The van der Waals surface area contributed by atoms with E-state index in [1.807, 2.05) is 12.1 Å². The van der Waals surface area contributed by atoms with Crippen LogP contribution in [0.4, 0.5) is 10.1 Å². The molecule has 1 aliphatic carbocycles. The Morgan fingerprint density at radius 3 is 2.93 bits per heavy atom. The standard InChI is InChI=1S/C22H30FN3O2/c1-3-24-22-16-6-4-7-18(16)25-19-13-21(20(27-2)12-17(19)22)28-11-5-9-26-10-8-15(23)14-26/h12-13,15H,3-11,14H2,1-2H3,(H,24,25)/t15-/m0/s1. The molecule has 1 fully saturated rings. The maximum Gasteiger partial charge on any atom is 0.163 e. The number of ether oxygens (including phenoxy) is 2. The third kappa shape index (κ3) is 3.88. The minimum atomic E-state index is -0.666. The summed E-state index contributed by atoms with van der Waals surface area (Å²) in [5, 5.41) is 4.63. The first-order chi connectivity index (χ1) is 13.7. The van der Waals surface area contributed by atoms with E-state index in [4.69, 9.17) is 14.5 Å². The number of halogens is 1. The van der Waals surface area contributed by atoms with Gasteiger partial charge in [-0.25, -0.2) is 4.39 Å². The van der Waals surface area contributed by atoms with Gasteiger partial charge in [-0.2, -0.15) is 0 Å². The number of nitrogens with one attached hydrogen (secondary N) is 1. The maximum absolute atomic E-state index is 13.3. The Morgan fingerprint density at radius 2 is 2.18 bits per heavy atom. The Morgan fingerprint density at radius 1 is 1.29 bits per heavy atom. The summed E-state index contributed by atoms with van der Waals surface area (Å²) in [4.78, 5) is 7.07. The molecule has 1 saturated heterocycles. The first-order valence-corrected chi connectivity index (χ1v) is 10.5. The highest BCUT2D eigenvalue weighted by Crippen LogP contribution is 2.39. The van der Waals surface area contributed by atoms with Crippen LogP contribution in [-0.2, 0) is 12.8 Å². The van der Waals surface area contributed by atoms with E-state index >= 15 is 0 Å². The maximum atomic E-state index is 13.3. The number of aromatic nitrogens is 1. The molecule has 0 amide bonds. The first kappa shape index (κ1) is 19.2. The van der Waals surface area contributed by atoms with Crippen LogP contribution in [0.5, 0.6) is 11.5 Å². The molecule has 0 saturated carbocycles. The molecule has 1 N–H and O–H groups in total. The van der Waals surface area contributed by atoms with Gasteiger partial charge in [-0.1, -0.05) is 0 Å². The Balaban J connectivity index is 1.52. The second kappa shape index (κ2) is 8.52. The van der Waals surface area contributed by atoms with Gasteiger partial charge in [-0.05, 0) is 50.7 Å². The molecule has 0 radical (unpaired) electrons.